The van der Waals surface area contributed by atoms with E-state index in [4.69, 9.17) is 15.1 Å². The zero-order valence-corrected chi connectivity index (χ0v) is 12.3. The molecule has 0 bridgehead atoms. The summed E-state index contributed by atoms with van der Waals surface area (Å²) in [5.74, 6) is 0. The van der Waals surface area contributed by atoms with E-state index in [0.717, 1.165) is 12.3 Å². The Hall–Kier alpha value is 0.990. The minimum atomic E-state index is -0.365. The maximum Gasteiger partial charge on any atom is 0.109 e. The topological polar surface area (TPSA) is 0 Å². The predicted octanol–water partition coefficient (Wildman–Crippen LogP) is 3.71. The van der Waals surface area contributed by atoms with Crippen molar-refractivity contribution in [3.63, 3.8) is 0 Å². The quantitative estimate of drug-likeness (QED) is 0.508. The molecule has 4 radical (unpaired) electrons. The second-order valence-electron chi connectivity index (χ2n) is 5.73. The van der Waals surface area contributed by atoms with Crippen LogP contribution in [0.5, 0.6) is 0 Å². The van der Waals surface area contributed by atoms with Crippen LogP contribution in [0.4, 0.5) is 0 Å². The molecule has 0 saturated heterocycles. The molecule has 0 aromatic rings. The fourth-order valence-electron chi connectivity index (χ4n) is 0.886. The SMILES string of the molecule is [B]P(CCP([B])C(C)(C)C)C(C)(C)C. The molecule has 2 atom stereocenters. The van der Waals surface area contributed by atoms with E-state index in [-0.39, 0.29) is 25.9 Å². The van der Waals surface area contributed by atoms with Crippen LogP contribution in [0.25, 0.3) is 0 Å². The molecule has 0 spiro atoms. The summed E-state index contributed by atoms with van der Waals surface area (Å²) in [5, 5.41) is 0.535. The number of hydrogen-bond donors (Lipinski definition) is 0. The lowest BCUT2D eigenvalue weighted by molar-refractivity contribution is 0.784. The summed E-state index contributed by atoms with van der Waals surface area (Å²) in [6, 6.07) is 0. The Morgan fingerprint density at radius 1 is 0.714 bits per heavy atom. The van der Waals surface area contributed by atoms with Crippen LogP contribution in [0.15, 0.2) is 0 Å². The Kier molecular flexibility index (Phi) is 5.74. The molecule has 0 aromatic carbocycles. The third-order valence-electron chi connectivity index (χ3n) is 2.31. The first-order chi connectivity index (χ1) is 6.05. The average Bonchev–Trinajstić information content (AvgIpc) is 1.95. The first-order valence-electron chi connectivity index (χ1n) is 5.10. The normalized spacial score (nSPS) is 17.9. The summed E-state index contributed by atoms with van der Waals surface area (Å²) in [4.78, 5) is 0. The fourth-order valence-corrected chi connectivity index (χ4v) is 3.95. The standard InChI is InChI=1S/C10H22B2P2/c1-9(2,3)13(11)7-8-14(12)10(4,5)6/h7-8H2,1-6H3. The van der Waals surface area contributed by atoms with Crippen molar-refractivity contribution in [1.82, 2.24) is 0 Å². The molecular formula is C10H22B2P2. The molecule has 0 N–H and O–H groups in total. The van der Waals surface area contributed by atoms with Crippen LogP contribution < -0.4 is 0 Å². The van der Waals surface area contributed by atoms with E-state index in [0.29, 0.717) is 0 Å². The van der Waals surface area contributed by atoms with E-state index >= 15 is 0 Å². The Labute approximate surface area is 95.2 Å². The molecule has 0 fully saturated rings. The Morgan fingerprint density at radius 2 is 0.929 bits per heavy atom. The molecule has 0 rings (SSSR count). The fraction of sp³-hybridized carbons (Fsp3) is 1.00. The van der Waals surface area contributed by atoms with Gasteiger partial charge < -0.3 is 0 Å². The minimum absolute atomic E-state index is 0.267. The summed E-state index contributed by atoms with van der Waals surface area (Å²) in [5.41, 5.74) is 0. The Balaban J connectivity index is 3.96. The predicted molar refractivity (Wildman–Crippen MR) is 74.6 cm³/mol. The van der Waals surface area contributed by atoms with E-state index < -0.39 is 0 Å². The zero-order valence-electron chi connectivity index (χ0n) is 10.5. The third kappa shape index (κ3) is 5.77. The van der Waals surface area contributed by atoms with Gasteiger partial charge in [-0.15, -0.1) is 0 Å². The van der Waals surface area contributed by atoms with Crippen LogP contribution in [0.2, 0.25) is 0 Å². The van der Waals surface area contributed by atoms with Gasteiger partial charge in [0.2, 0.25) is 0 Å². The molecule has 0 aliphatic rings. The first kappa shape index (κ1) is 15.0. The van der Waals surface area contributed by atoms with Gasteiger partial charge in [0, 0.05) is 0 Å². The highest BCUT2D eigenvalue weighted by atomic mass is 31.1. The zero-order chi connectivity index (χ0) is 11.6. The average molecular weight is 226 g/mol. The molecule has 0 aromatic heterocycles. The number of rotatable bonds is 3. The van der Waals surface area contributed by atoms with Gasteiger partial charge in [-0.3, -0.25) is 0 Å². The Bertz CT molecular complexity index is 150. The van der Waals surface area contributed by atoms with Crippen molar-refractivity contribution in [3.8, 4) is 0 Å². The minimum Gasteiger partial charge on any atom is -0.151 e. The molecule has 78 valence electrons. The summed E-state index contributed by atoms with van der Waals surface area (Å²) < 4.78 is 0. The van der Waals surface area contributed by atoms with Gasteiger partial charge in [0.25, 0.3) is 0 Å². The van der Waals surface area contributed by atoms with Crippen LogP contribution in [-0.4, -0.2) is 37.8 Å². The molecular weight excluding hydrogens is 204 g/mol. The second-order valence-corrected chi connectivity index (χ2v) is 11.2. The van der Waals surface area contributed by atoms with Gasteiger partial charge in [-0.25, -0.2) is 0 Å². The summed E-state index contributed by atoms with van der Waals surface area (Å²) in [6.07, 6.45) is 2.22. The van der Waals surface area contributed by atoms with Gasteiger partial charge in [-0.2, -0.15) is 15.6 Å². The molecule has 0 heterocycles. The lowest BCUT2D eigenvalue weighted by Gasteiger charge is -2.34. The third-order valence-corrected chi connectivity index (χ3v) is 7.52. The van der Waals surface area contributed by atoms with Gasteiger partial charge in [0.1, 0.15) is 15.1 Å². The van der Waals surface area contributed by atoms with Gasteiger partial charge in [0.05, 0.1) is 0 Å². The highest BCUT2D eigenvalue weighted by Gasteiger charge is 2.22. The maximum absolute atomic E-state index is 6.16. The monoisotopic (exact) mass is 226 g/mol. The molecule has 4 heteroatoms. The van der Waals surface area contributed by atoms with Crippen LogP contribution in [0.1, 0.15) is 41.5 Å². The highest BCUT2D eigenvalue weighted by molar-refractivity contribution is 7.86. The second kappa shape index (κ2) is 5.36. The lowest BCUT2D eigenvalue weighted by atomic mass is 10.3. The van der Waals surface area contributed by atoms with Crippen LogP contribution in [0, 0.1) is 0 Å². The van der Waals surface area contributed by atoms with Crippen molar-refractivity contribution < 1.29 is 0 Å². The van der Waals surface area contributed by atoms with Crippen molar-refractivity contribution >= 4 is 30.7 Å². The highest BCUT2D eigenvalue weighted by Crippen LogP contribution is 2.51. The van der Waals surface area contributed by atoms with Crippen LogP contribution in [0.3, 0.4) is 0 Å². The molecule has 0 nitrogen and oxygen atoms in total. The van der Waals surface area contributed by atoms with Gasteiger partial charge in [-0.1, -0.05) is 41.5 Å². The van der Waals surface area contributed by atoms with E-state index in [1.165, 1.54) is 0 Å². The van der Waals surface area contributed by atoms with E-state index in [2.05, 4.69) is 41.5 Å². The van der Waals surface area contributed by atoms with Crippen molar-refractivity contribution in [2.45, 2.75) is 51.9 Å². The van der Waals surface area contributed by atoms with Gasteiger partial charge in [0.15, 0.2) is 0 Å². The van der Waals surface area contributed by atoms with E-state index in [1.54, 1.807) is 0 Å². The lowest BCUT2D eigenvalue weighted by Crippen LogP contribution is -2.18. The smallest absolute Gasteiger partial charge is 0.109 e. The summed E-state index contributed by atoms with van der Waals surface area (Å²) >= 11 is 0. The van der Waals surface area contributed by atoms with E-state index in [1.807, 2.05) is 0 Å². The summed E-state index contributed by atoms with van der Waals surface area (Å²) in [6.45, 7) is 13.3. The molecule has 0 aliphatic carbocycles. The Morgan fingerprint density at radius 3 is 1.07 bits per heavy atom. The van der Waals surface area contributed by atoms with Gasteiger partial charge >= 0.3 is 0 Å². The molecule has 2 unspecified atom stereocenters. The maximum atomic E-state index is 6.16. The van der Waals surface area contributed by atoms with Crippen molar-refractivity contribution in [3.05, 3.63) is 0 Å². The summed E-state index contributed by atoms with van der Waals surface area (Å²) in [7, 11) is 11.6. The van der Waals surface area contributed by atoms with Crippen LogP contribution >= 0.6 is 15.6 Å². The van der Waals surface area contributed by atoms with Crippen molar-refractivity contribution in [1.29, 1.82) is 0 Å². The van der Waals surface area contributed by atoms with Crippen LogP contribution in [-0.2, 0) is 0 Å². The molecule has 14 heavy (non-hydrogen) atoms. The number of hydrogen-bond acceptors (Lipinski definition) is 0. The molecule has 0 saturated carbocycles. The molecule has 0 aliphatic heterocycles. The van der Waals surface area contributed by atoms with Crippen molar-refractivity contribution in [2.24, 2.45) is 0 Å². The molecule has 0 amide bonds. The first-order valence-corrected chi connectivity index (χ1v) is 8.29. The van der Waals surface area contributed by atoms with E-state index in [9.17, 15) is 0 Å². The van der Waals surface area contributed by atoms with Crippen molar-refractivity contribution in [2.75, 3.05) is 12.3 Å². The largest absolute Gasteiger partial charge is 0.151 e. The van der Waals surface area contributed by atoms with Gasteiger partial charge in [-0.05, 0) is 22.6 Å².